The Labute approximate surface area is 205 Å². The van der Waals surface area contributed by atoms with Crippen molar-refractivity contribution in [2.45, 2.75) is 43.8 Å². The number of guanidine groups is 1. The Morgan fingerprint density at radius 3 is 2.51 bits per heavy atom. The van der Waals surface area contributed by atoms with Crippen LogP contribution in [0.3, 0.4) is 0 Å². The maximum Gasteiger partial charge on any atom is 0.387 e. The number of rotatable bonds is 9. The highest BCUT2D eigenvalue weighted by atomic mass is 35.5. The molecule has 2 atom stereocenters. The van der Waals surface area contributed by atoms with Crippen molar-refractivity contribution < 1.29 is 31.5 Å². The highest BCUT2D eigenvalue weighted by Crippen LogP contribution is 2.25. The molecule has 1 aromatic carbocycles. The smallest absolute Gasteiger partial charge is 0.387 e. The lowest BCUT2D eigenvalue weighted by atomic mass is 10.2. The Hall–Kier alpha value is -3.10. The Kier molecular flexibility index (Phi) is 8.75. The molecule has 3 N–H and O–H groups in total. The van der Waals surface area contributed by atoms with Crippen molar-refractivity contribution in [2.75, 3.05) is 7.11 Å². The monoisotopic (exact) mass is 532 g/mol. The third-order valence-corrected chi connectivity index (χ3v) is 6.68. The number of nitrogens with zero attached hydrogens (tertiary/aromatic N) is 3. The van der Waals surface area contributed by atoms with E-state index in [1.807, 2.05) is 0 Å². The van der Waals surface area contributed by atoms with Crippen LogP contribution in [0.15, 0.2) is 41.7 Å². The fraction of sp³-hybridized carbons (Fsp3) is 0.400. The van der Waals surface area contributed by atoms with Gasteiger partial charge in [0.2, 0.25) is 16.0 Å². The third-order valence-electron chi connectivity index (χ3n) is 4.78. The first-order valence-electron chi connectivity index (χ1n) is 10.3. The maximum absolute atomic E-state index is 13.1. The molecule has 1 fully saturated rings. The quantitative estimate of drug-likeness (QED) is 0.253. The lowest BCUT2D eigenvalue weighted by molar-refractivity contribution is -0.0498. The van der Waals surface area contributed by atoms with Gasteiger partial charge in [0.05, 0.1) is 11.1 Å². The van der Waals surface area contributed by atoms with Gasteiger partial charge in [-0.15, -0.1) is 0 Å². The van der Waals surface area contributed by atoms with Crippen LogP contribution in [-0.2, 0) is 14.8 Å². The molecule has 1 saturated carbocycles. The van der Waals surface area contributed by atoms with Gasteiger partial charge in [-0.1, -0.05) is 17.7 Å². The molecule has 190 valence electrons. The minimum atomic E-state index is -4.12. The summed E-state index contributed by atoms with van der Waals surface area (Å²) in [5, 5.41) is -0.888. The number of halogens is 3. The van der Waals surface area contributed by atoms with Crippen molar-refractivity contribution in [3.05, 3.63) is 53.1 Å². The number of alkyl halides is 2. The van der Waals surface area contributed by atoms with E-state index in [9.17, 15) is 22.0 Å². The van der Waals surface area contributed by atoms with Crippen molar-refractivity contribution in [2.24, 2.45) is 4.99 Å². The number of hydrogen-bond donors (Lipinski definition) is 3. The molecule has 0 spiro atoms. The zero-order chi connectivity index (χ0) is 25.6. The summed E-state index contributed by atoms with van der Waals surface area (Å²) >= 11 is 5.79. The molecule has 35 heavy (non-hydrogen) atoms. The highest BCUT2D eigenvalue weighted by Gasteiger charge is 2.34. The standard InChI is InChI=1S/C20H23ClF2N6O5S/c1-11(16(33-2)17-24-9-13(21)10-25-17)35(31,32)29-20(26-14-6-7-14)28-27-18(30)12-4-3-5-15(8-12)34-19(22)23/h3-5,8-11,14,16,19H,6-7H2,1-2H3,(H,27,30)(H2,26,28,29)/t11-,16-/m0/s1. The van der Waals surface area contributed by atoms with Crippen LogP contribution in [0.2, 0.25) is 5.02 Å². The van der Waals surface area contributed by atoms with Gasteiger partial charge in [0, 0.05) is 25.1 Å². The van der Waals surface area contributed by atoms with Crippen molar-refractivity contribution in [1.29, 1.82) is 0 Å². The van der Waals surface area contributed by atoms with E-state index >= 15 is 0 Å². The normalized spacial score (nSPS) is 15.9. The predicted molar refractivity (Wildman–Crippen MR) is 122 cm³/mol. The van der Waals surface area contributed by atoms with E-state index in [-0.39, 0.29) is 34.2 Å². The van der Waals surface area contributed by atoms with Crippen molar-refractivity contribution in [1.82, 2.24) is 25.5 Å². The number of sulfonamides is 1. The summed E-state index contributed by atoms with van der Waals surface area (Å²) in [5.74, 6) is -1.05. The summed E-state index contributed by atoms with van der Waals surface area (Å²) in [6.45, 7) is -1.65. The summed E-state index contributed by atoms with van der Waals surface area (Å²) in [4.78, 5) is 24.7. The van der Waals surface area contributed by atoms with Crippen molar-refractivity contribution in [3.8, 4) is 5.75 Å². The van der Waals surface area contributed by atoms with Gasteiger partial charge in [-0.05, 0) is 38.0 Å². The van der Waals surface area contributed by atoms with Gasteiger partial charge in [-0.3, -0.25) is 20.4 Å². The van der Waals surface area contributed by atoms with Crippen LogP contribution >= 0.6 is 11.6 Å². The van der Waals surface area contributed by atoms with Crippen LogP contribution in [0.1, 0.15) is 42.1 Å². The summed E-state index contributed by atoms with van der Waals surface area (Å²) in [5.41, 5.74) is 4.74. The zero-order valence-corrected chi connectivity index (χ0v) is 20.2. The number of methoxy groups -OCH3 is 1. The second-order valence-corrected chi connectivity index (χ2v) is 9.94. The third kappa shape index (κ3) is 7.70. The zero-order valence-electron chi connectivity index (χ0n) is 18.6. The summed E-state index contributed by atoms with van der Waals surface area (Å²) in [7, 11) is -2.80. The molecular weight excluding hydrogens is 510 g/mol. The Morgan fingerprint density at radius 2 is 1.91 bits per heavy atom. The van der Waals surface area contributed by atoms with Crippen molar-refractivity contribution in [3.63, 3.8) is 0 Å². The lowest BCUT2D eigenvalue weighted by Crippen LogP contribution is -2.52. The number of ether oxygens (including phenoxy) is 2. The summed E-state index contributed by atoms with van der Waals surface area (Å²) in [6.07, 6.45) is 3.12. The number of carbonyl (C=O) groups excluding carboxylic acids is 1. The predicted octanol–water partition coefficient (Wildman–Crippen LogP) is 2.18. The second-order valence-electron chi connectivity index (χ2n) is 7.46. The fourth-order valence-corrected chi connectivity index (χ4v) is 4.05. The highest BCUT2D eigenvalue weighted by molar-refractivity contribution is 7.90. The number of benzene rings is 1. The molecule has 1 aromatic heterocycles. The number of aromatic nitrogens is 2. The molecular formula is C20H23ClF2N6O5S. The largest absolute Gasteiger partial charge is 0.435 e. The van der Waals surface area contributed by atoms with Crippen LogP contribution in [0.5, 0.6) is 5.75 Å². The SMILES string of the molecule is CO[C@H](c1ncc(Cl)cn1)[C@H](C)S(=O)(=O)NC(=NC1CC1)NNC(=O)c1cccc(OC(F)F)c1. The number of hydrazine groups is 1. The van der Waals surface area contributed by atoms with Gasteiger partial charge in [0.1, 0.15) is 17.1 Å². The van der Waals surface area contributed by atoms with Crippen LogP contribution in [0.25, 0.3) is 0 Å². The molecule has 0 radical (unpaired) electrons. The van der Waals surface area contributed by atoms with E-state index in [1.165, 1.54) is 44.6 Å². The van der Waals surface area contributed by atoms with E-state index in [4.69, 9.17) is 16.3 Å². The molecule has 2 aromatic rings. The van der Waals surface area contributed by atoms with E-state index in [0.29, 0.717) is 0 Å². The van der Waals surface area contributed by atoms with Crippen LogP contribution in [0, 0.1) is 0 Å². The van der Waals surface area contributed by atoms with Crippen molar-refractivity contribution >= 4 is 33.5 Å². The summed E-state index contributed by atoms with van der Waals surface area (Å²) < 4.78 is 62.9. The average molecular weight is 533 g/mol. The summed E-state index contributed by atoms with van der Waals surface area (Å²) in [6, 6.07) is 4.99. The number of carbonyl (C=O) groups is 1. The number of amides is 1. The molecule has 3 rings (SSSR count). The molecule has 1 aliphatic rings. The Morgan fingerprint density at radius 1 is 1.23 bits per heavy atom. The molecule has 0 aliphatic heterocycles. The molecule has 11 nitrogen and oxygen atoms in total. The first kappa shape index (κ1) is 26.5. The van der Waals surface area contributed by atoms with Gasteiger partial charge in [0.25, 0.3) is 5.91 Å². The molecule has 1 aliphatic carbocycles. The molecule has 0 unspecified atom stereocenters. The fourth-order valence-electron chi connectivity index (χ4n) is 2.84. The Bertz CT molecular complexity index is 1160. The van der Waals surface area contributed by atoms with Gasteiger partial charge in [-0.25, -0.2) is 23.4 Å². The first-order chi connectivity index (χ1) is 16.6. The van der Waals surface area contributed by atoms with Crippen LogP contribution in [-0.4, -0.2) is 55.3 Å². The van der Waals surface area contributed by atoms with E-state index in [2.05, 4.69) is 35.3 Å². The average Bonchev–Trinajstić information content (AvgIpc) is 3.62. The number of aliphatic imine (C=N–C) groups is 1. The first-order valence-corrected chi connectivity index (χ1v) is 12.2. The second kappa shape index (κ2) is 11.6. The minimum Gasteiger partial charge on any atom is -0.435 e. The van der Waals surface area contributed by atoms with Gasteiger partial charge >= 0.3 is 6.61 Å². The van der Waals surface area contributed by atoms with Crippen LogP contribution in [0.4, 0.5) is 8.78 Å². The molecule has 15 heteroatoms. The van der Waals surface area contributed by atoms with Gasteiger partial charge in [-0.2, -0.15) is 8.78 Å². The van der Waals surface area contributed by atoms with Gasteiger partial charge in [0.15, 0.2) is 5.82 Å². The maximum atomic E-state index is 13.1. The molecule has 0 saturated heterocycles. The van der Waals surface area contributed by atoms with E-state index in [1.54, 1.807) is 0 Å². The van der Waals surface area contributed by atoms with Gasteiger partial charge < -0.3 is 9.47 Å². The molecule has 0 bridgehead atoms. The molecule has 1 heterocycles. The lowest BCUT2D eigenvalue weighted by Gasteiger charge is -2.23. The van der Waals surface area contributed by atoms with Crippen LogP contribution < -0.4 is 20.3 Å². The van der Waals surface area contributed by atoms with E-state index < -0.39 is 33.9 Å². The minimum absolute atomic E-state index is 0.00280. The molecule has 1 amide bonds. The topological polar surface area (TPSA) is 144 Å². The van der Waals surface area contributed by atoms with E-state index in [0.717, 1.165) is 18.9 Å². The Balaban J connectivity index is 1.70. The number of hydrogen-bond acceptors (Lipinski definition) is 8. The number of nitrogens with one attached hydrogen (secondary N) is 3.